The van der Waals surface area contributed by atoms with Gasteiger partial charge in [-0.3, -0.25) is 9.59 Å². The molecule has 2 aromatic heterocycles. The summed E-state index contributed by atoms with van der Waals surface area (Å²) in [5.41, 5.74) is 4.80. The van der Waals surface area contributed by atoms with Gasteiger partial charge < -0.3 is 15.6 Å². The highest BCUT2D eigenvalue weighted by Crippen LogP contribution is 2.19. The molecule has 0 aliphatic carbocycles. The number of aromatic nitrogens is 2. The standard InChI is InChI=1S/C24H22N4O2/c1-16(29)17-5-4-6-19(13-17)28-20-9-10-23(27-15-20)24(30)25-12-11-18-14-26-22-8-3-2-7-21(18)22/h2-10,13-15,26,28H,11-12H2,1H3,(H,25,30). The minimum atomic E-state index is -0.208. The largest absolute Gasteiger partial charge is 0.361 e. The first-order valence-corrected chi connectivity index (χ1v) is 9.77. The molecule has 2 aromatic carbocycles. The van der Waals surface area contributed by atoms with Crippen molar-refractivity contribution in [2.45, 2.75) is 13.3 Å². The highest BCUT2D eigenvalue weighted by atomic mass is 16.1. The van der Waals surface area contributed by atoms with Crippen LogP contribution in [0.15, 0.2) is 73.1 Å². The van der Waals surface area contributed by atoms with Crippen molar-refractivity contribution in [1.82, 2.24) is 15.3 Å². The second-order valence-corrected chi connectivity index (χ2v) is 7.06. The molecule has 0 unspecified atom stereocenters. The van der Waals surface area contributed by atoms with E-state index < -0.39 is 0 Å². The Morgan fingerprint density at radius 1 is 1.00 bits per heavy atom. The van der Waals surface area contributed by atoms with Gasteiger partial charge in [0.15, 0.2) is 5.78 Å². The summed E-state index contributed by atoms with van der Waals surface area (Å²) in [6.45, 7) is 2.06. The van der Waals surface area contributed by atoms with E-state index in [-0.39, 0.29) is 11.7 Å². The quantitative estimate of drug-likeness (QED) is 0.401. The zero-order valence-electron chi connectivity index (χ0n) is 16.6. The molecule has 0 aliphatic rings. The number of nitrogens with one attached hydrogen (secondary N) is 3. The number of anilines is 2. The van der Waals surface area contributed by atoms with Gasteiger partial charge in [-0.2, -0.15) is 0 Å². The number of rotatable bonds is 7. The average molecular weight is 398 g/mol. The maximum Gasteiger partial charge on any atom is 0.269 e. The number of Topliss-reactive ketones (excluding diaryl/α,β-unsaturated/α-hetero) is 1. The smallest absolute Gasteiger partial charge is 0.269 e. The van der Waals surface area contributed by atoms with Crippen LogP contribution in [0.1, 0.15) is 33.3 Å². The van der Waals surface area contributed by atoms with Gasteiger partial charge in [0.2, 0.25) is 0 Å². The zero-order valence-corrected chi connectivity index (χ0v) is 16.6. The Kier molecular flexibility index (Phi) is 5.57. The Labute approximate surface area is 174 Å². The predicted octanol–water partition coefficient (Wildman–Crippen LogP) is 4.48. The predicted molar refractivity (Wildman–Crippen MR) is 118 cm³/mol. The first kappa shape index (κ1) is 19.4. The number of ketones is 1. The minimum Gasteiger partial charge on any atom is -0.361 e. The molecule has 6 nitrogen and oxygen atoms in total. The van der Waals surface area contributed by atoms with E-state index in [0.717, 1.165) is 23.3 Å². The molecular formula is C24H22N4O2. The summed E-state index contributed by atoms with van der Waals surface area (Å²) in [5, 5.41) is 7.29. The SMILES string of the molecule is CC(=O)c1cccc(Nc2ccc(C(=O)NCCc3c[nH]c4ccccc34)nc2)c1. The molecule has 0 bridgehead atoms. The monoisotopic (exact) mass is 398 g/mol. The number of benzene rings is 2. The molecule has 150 valence electrons. The van der Waals surface area contributed by atoms with Crippen LogP contribution in [0.5, 0.6) is 0 Å². The Bertz CT molecular complexity index is 1200. The minimum absolute atomic E-state index is 0.0106. The van der Waals surface area contributed by atoms with E-state index in [1.807, 2.05) is 36.5 Å². The molecule has 4 aromatic rings. The van der Waals surface area contributed by atoms with Crippen molar-refractivity contribution in [2.24, 2.45) is 0 Å². The summed E-state index contributed by atoms with van der Waals surface area (Å²) in [7, 11) is 0. The number of nitrogens with zero attached hydrogens (tertiary/aromatic N) is 1. The summed E-state index contributed by atoms with van der Waals surface area (Å²) in [5.74, 6) is -0.198. The highest BCUT2D eigenvalue weighted by Gasteiger charge is 2.08. The van der Waals surface area contributed by atoms with Crippen molar-refractivity contribution in [3.8, 4) is 0 Å². The third-order valence-electron chi connectivity index (χ3n) is 4.91. The number of pyridine rings is 1. The van der Waals surface area contributed by atoms with Crippen LogP contribution in [0.2, 0.25) is 0 Å². The van der Waals surface area contributed by atoms with Crippen LogP contribution in [0, 0.1) is 0 Å². The Balaban J connectivity index is 1.34. The number of amides is 1. The van der Waals surface area contributed by atoms with Crippen LogP contribution in [-0.2, 0) is 6.42 Å². The van der Waals surface area contributed by atoms with Crippen LogP contribution in [0.4, 0.5) is 11.4 Å². The lowest BCUT2D eigenvalue weighted by Crippen LogP contribution is -2.26. The van der Waals surface area contributed by atoms with Gasteiger partial charge in [0, 0.05) is 34.9 Å². The molecule has 4 rings (SSSR count). The normalized spacial score (nSPS) is 10.7. The second-order valence-electron chi connectivity index (χ2n) is 7.06. The molecule has 0 saturated carbocycles. The van der Waals surface area contributed by atoms with Crippen LogP contribution < -0.4 is 10.6 Å². The van der Waals surface area contributed by atoms with E-state index in [1.165, 1.54) is 17.9 Å². The summed E-state index contributed by atoms with van der Waals surface area (Å²) in [4.78, 5) is 31.4. The van der Waals surface area contributed by atoms with Gasteiger partial charge in [-0.15, -0.1) is 0 Å². The van der Waals surface area contributed by atoms with E-state index in [2.05, 4.69) is 26.7 Å². The highest BCUT2D eigenvalue weighted by molar-refractivity contribution is 5.95. The first-order chi connectivity index (χ1) is 14.6. The molecule has 3 N–H and O–H groups in total. The third kappa shape index (κ3) is 4.38. The van der Waals surface area contributed by atoms with Gasteiger partial charge in [-0.25, -0.2) is 4.98 Å². The maximum atomic E-state index is 12.4. The number of H-pyrrole nitrogens is 1. The van der Waals surface area contributed by atoms with Crippen molar-refractivity contribution in [1.29, 1.82) is 0 Å². The fourth-order valence-electron chi connectivity index (χ4n) is 3.32. The number of carbonyl (C=O) groups excluding carboxylic acids is 2. The van der Waals surface area contributed by atoms with Crippen LogP contribution in [0.3, 0.4) is 0 Å². The van der Waals surface area contributed by atoms with Crippen molar-refractivity contribution >= 4 is 34.0 Å². The van der Waals surface area contributed by atoms with E-state index in [9.17, 15) is 9.59 Å². The molecule has 0 saturated heterocycles. The van der Waals surface area contributed by atoms with Gasteiger partial charge in [0.05, 0.1) is 11.9 Å². The summed E-state index contributed by atoms with van der Waals surface area (Å²) >= 11 is 0. The van der Waals surface area contributed by atoms with Crippen molar-refractivity contribution in [3.63, 3.8) is 0 Å². The van der Waals surface area contributed by atoms with Crippen molar-refractivity contribution in [2.75, 3.05) is 11.9 Å². The van der Waals surface area contributed by atoms with Crippen LogP contribution >= 0.6 is 0 Å². The van der Waals surface area contributed by atoms with Crippen molar-refractivity contribution in [3.05, 3.63) is 89.9 Å². The Hall–Kier alpha value is -3.93. The molecule has 0 aliphatic heterocycles. The van der Waals surface area contributed by atoms with Gasteiger partial charge in [-0.1, -0.05) is 30.3 Å². The van der Waals surface area contributed by atoms with E-state index >= 15 is 0 Å². The molecule has 0 fully saturated rings. The molecule has 6 heteroatoms. The summed E-state index contributed by atoms with van der Waals surface area (Å²) in [6.07, 6.45) is 4.33. The third-order valence-corrected chi connectivity index (χ3v) is 4.91. The topological polar surface area (TPSA) is 86.9 Å². The fraction of sp³-hybridized carbons (Fsp3) is 0.125. The van der Waals surface area contributed by atoms with Crippen LogP contribution in [0.25, 0.3) is 10.9 Å². The average Bonchev–Trinajstić information content (AvgIpc) is 3.17. The lowest BCUT2D eigenvalue weighted by atomic mass is 10.1. The number of aromatic amines is 1. The molecular weight excluding hydrogens is 376 g/mol. The molecule has 0 spiro atoms. The second kappa shape index (κ2) is 8.61. The fourth-order valence-corrected chi connectivity index (χ4v) is 3.32. The molecule has 2 heterocycles. The lowest BCUT2D eigenvalue weighted by molar-refractivity contribution is 0.0948. The van der Waals surface area contributed by atoms with Gasteiger partial charge in [0.1, 0.15) is 5.69 Å². The number of hydrogen-bond donors (Lipinski definition) is 3. The number of para-hydroxylation sites is 1. The number of carbonyl (C=O) groups is 2. The number of fused-ring (bicyclic) bond motifs is 1. The van der Waals surface area contributed by atoms with E-state index in [4.69, 9.17) is 0 Å². The lowest BCUT2D eigenvalue weighted by Gasteiger charge is -2.08. The van der Waals surface area contributed by atoms with Crippen molar-refractivity contribution < 1.29 is 9.59 Å². The first-order valence-electron chi connectivity index (χ1n) is 9.77. The van der Waals surface area contributed by atoms with Gasteiger partial charge in [0.25, 0.3) is 5.91 Å². The molecule has 0 radical (unpaired) electrons. The summed E-state index contributed by atoms with van der Waals surface area (Å²) < 4.78 is 0. The van der Waals surface area contributed by atoms with Gasteiger partial charge in [-0.05, 0) is 49.2 Å². The molecule has 1 amide bonds. The van der Waals surface area contributed by atoms with E-state index in [1.54, 1.807) is 30.5 Å². The maximum absolute atomic E-state index is 12.4. The number of hydrogen-bond acceptors (Lipinski definition) is 4. The Morgan fingerprint density at radius 2 is 1.87 bits per heavy atom. The van der Waals surface area contributed by atoms with Crippen LogP contribution in [-0.4, -0.2) is 28.2 Å². The van der Waals surface area contributed by atoms with E-state index in [0.29, 0.717) is 17.8 Å². The zero-order chi connectivity index (χ0) is 20.9. The Morgan fingerprint density at radius 3 is 2.67 bits per heavy atom. The van der Waals surface area contributed by atoms with Gasteiger partial charge >= 0.3 is 0 Å². The molecule has 30 heavy (non-hydrogen) atoms. The summed E-state index contributed by atoms with van der Waals surface area (Å²) in [6, 6.07) is 18.8. The molecule has 0 atom stereocenters.